The molecule has 0 aliphatic carbocycles. The van der Waals surface area contributed by atoms with Crippen LogP contribution >= 0.6 is 11.6 Å². The van der Waals surface area contributed by atoms with Crippen LogP contribution in [0.5, 0.6) is 28.7 Å². The van der Waals surface area contributed by atoms with Crippen molar-refractivity contribution in [3.8, 4) is 51.0 Å². The minimum absolute atomic E-state index is 0.0972. The van der Waals surface area contributed by atoms with Crippen LogP contribution in [0.1, 0.15) is 0 Å². The Bertz CT molecular complexity index is 2610. The van der Waals surface area contributed by atoms with Crippen LogP contribution in [0.3, 0.4) is 0 Å². The largest absolute Gasteiger partial charge is 0.508 e. The first-order valence-corrected chi connectivity index (χ1v) is 19.5. The molecule has 0 bridgehead atoms. The summed E-state index contributed by atoms with van der Waals surface area (Å²) >= 11 is 5.50. The third-order valence-electron chi connectivity index (χ3n) is 7.63. The van der Waals surface area contributed by atoms with Gasteiger partial charge in [-0.15, -0.1) is 0 Å². The van der Waals surface area contributed by atoms with Gasteiger partial charge in [0.1, 0.15) is 38.5 Å². The van der Waals surface area contributed by atoms with Crippen molar-refractivity contribution in [3.05, 3.63) is 159 Å². The molecule has 6 rings (SSSR count). The number of nitrogens with two attached hydrogens (primary N) is 2. The number of hydrogen-bond donors (Lipinski definition) is 3. The van der Waals surface area contributed by atoms with Gasteiger partial charge in [-0.25, -0.2) is 27.1 Å². The normalized spacial score (nSPS) is 10.8. The first kappa shape index (κ1) is 43.2. The molecule has 0 amide bonds. The fraction of sp³-hybridized carbons (Fsp3) is 0.0526. The number of nitro groups is 2. The Kier molecular flexibility index (Phi) is 14.3. The predicted molar refractivity (Wildman–Crippen MR) is 213 cm³/mol. The lowest BCUT2D eigenvalue weighted by Crippen LogP contribution is -2.13. The summed E-state index contributed by atoms with van der Waals surface area (Å²) in [7, 11) is -5.03. The maximum Gasteiger partial charge on any atom is 0.271 e. The monoisotopic (exact) mass is 836 g/mol. The van der Waals surface area contributed by atoms with E-state index in [9.17, 15) is 42.2 Å². The molecule has 16 nitrogen and oxygen atoms in total. The van der Waals surface area contributed by atoms with E-state index >= 15 is 0 Å². The average molecular weight is 837 g/mol. The topological polar surface area (TPSA) is 255 Å². The molecule has 0 aromatic heterocycles. The van der Waals surface area contributed by atoms with Crippen LogP contribution in [0.15, 0.2) is 143 Å². The van der Waals surface area contributed by atoms with Crippen LogP contribution in [0, 0.1) is 20.2 Å². The van der Waals surface area contributed by atoms with E-state index in [0.29, 0.717) is 5.75 Å². The predicted octanol–water partition coefficient (Wildman–Crippen LogP) is 7.67. The van der Waals surface area contributed by atoms with Crippen molar-refractivity contribution in [2.75, 3.05) is 14.2 Å². The number of nitrogens with zero attached hydrogens (tertiary/aromatic N) is 2. The molecule has 0 unspecified atom stereocenters. The third kappa shape index (κ3) is 12.2. The first-order valence-electron chi connectivity index (χ1n) is 16.0. The van der Waals surface area contributed by atoms with E-state index in [2.05, 4.69) is 0 Å². The van der Waals surface area contributed by atoms with Gasteiger partial charge >= 0.3 is 0 Å². The average Bonchev–Trinajstić information content (AvgIpc) is 3.18. The third-order valence-corrected chi connectivity index (χ3v) is 9.96. The Balaban J connectivity index is 0.000000209. The minimum Gasteiger partial charge on any atom is -0.508 e. The Labute approximate surface area is 331 Å². The molecule has 0 spiro atoms. The zero-order valence-electron chi connectivity index (χ0n) is 29.9. The smallest absolute Gasteiger partial charge is 0.271 e. The van der Waals surface area contributed by atoms with Crippen molar-refractivity contribution < 1.29 is 46.0 Å². The highest BCUT2D eigenvalue weighted by Gasteiger charge is 2.21. The maximum absolute atomic E-state index is 11.8. The number of rotatable bonds is 10. The summed E-state index contributed by atoms with van der Waals surface area (Å²) in [6.45, 7) is 0. The van der Waals surface area contributed by atoms with E-state index in [1.54, 1.807) is 44.6 Å². The molecule has 0 saturated heterocycles. The molecule has 296 valence electrons. The molecule has 0 aliphatic heterocycles. The number of methoxy groups -OCH3 is 2. The molecule has 0 fully saturated rings. The van der Waals surface area contributed by atoms with E-state index in [1.807, 2.05) is 66.7 Å². The van der Waals surface area contributed by atoms with Crippen molar-refractivity contribution in [2.24, 2.45) is 10.3 Å². The van der Waals surface area contributed by atoms with Crippen molar-refractivity contribution in [3.63, 3.8) is 0 Å². The summed E-state index contributed by atoms with van der Waals surface area (Å²) in [6.07, 6.45) is 0. The lowest BCUT2D eigenvalue weighted by Gasteiger charge is -2.11. The van der Waals surface area contributed by atoms with Crippen LogP contribution in [0.4, 0.5) is 11.4 Å². The molecule has 0 saturated carbocycles. The van der Waals surface area contributed by atoms with Gasteiger partial charge in [0.25, 0.3) is 11.4 Å². The maximum atomic E-state index is 11.8. The molecular formula is C38H33ClN4O12S2. The van der Waals surface area contributed by atoms with Gasteiger partial charge in [0.15, 0.2) is 0 Å². The Hall–Kier alpha value is -6.57. The summed E-state index contributed by atoms with van der Waals surface area (Å²) < 4.78 is 61.3. The molecule has 0 heterocycles. The number of nitro benzene ring substituents is 2. The summed E-state index contributed by atoms with van der Waals surface area (Å²) in [4.78, 5) is 18.9. The molecule has 6 aromatic rings. The molecule has 0 radical (unpaired) electrons. The van der Waals surface area contributed by atoms with E-state index < -0.39 is 45.4 Å². The highest BCUT2D eigenvalue weighted by atomic mass is 35.5. The summed E-state index contributed by atoms with van der Waals surface area (Å²) in [6, 6.07) is 35.5. The molecular weight excluding hydrogens is 804 g/mol. The SMILES string of the molecule is COc1ccc(-c2cccc(O)c2)cc1.COc1ccc(-c2cccc(Oc3ccc([N+](=O)[O-])cc3S(N)(=O)=O)c2)cc1.NS(=O)(=O)c1cc([N+](=O)[O-])ccc1Cl. The van der Waals surface area contributed by atoms with E-state index in [0.717, 1.165) is 64.1 Å². The number of sulfonamides is 2. The van der Waals surface area contributed by atoms with Crippen LogP contribution in [-0.2, 0) is 20.0 Å². The molecule has 0 aliphatic rings. The molecule has 5 N–H and O–H groups in total. The second-order valence-electron chi connectivity index (χ2n) is 11.5. The number of primary sulfonamides is 2. The van der Waals surface area contributed by atoms with Crippen molar-refractivity contribution in [1.82, 2.24) is 0 Å². The number of aromatic hydroxyl groups is 1. The van der Waals surface area contributed by atoms with Gasteiger partial charge in [0.2, 0.25) is 20.0 Å². The summed E-state index contributed by atoms with van der Waals surface area (Å²) in [5.74, 6) is 2.09. The van der Waals surface area contributed by atoms with Gasteiger partial charge in [-0.05, 0) is 82.9 Å². The quantitative estimate of drug-likeness (QED) is 0.0887. The number of benzene rings is 6. The fourth-order valence-corrected chi connectivity index (χ4v) is 6.60. The van der Waals surface area contributed by atoms with Gasteiger partial charge in [-0.1, -0.05) is 60.1 Å². The lowest BCUT2D eigenvalue weighted by molar-refractivity contribution is -0.385. The van der Waals surface area contributed by atoms with Gasteiger partial charge in [-0.2, -0.15) is 0 Å². The van der Waals surface area contributed by atoms with Crippen LogP contribution < -0.4 is 24.5 Å². The number of phenols is 1. The Morgan fingerprint density at radius 1 is 0.561 bits per heavy atom. The Morgan fingerprint density at radius 3 is 1.47 bits per heavy atom. The molecule has 57 heavy (non-hydrogen) atoms. The van der Waals surface area contributed by atoms with Crippen molar-refractivity contribution in [1.29, 1.82) is 0 Å². The van der Waals surface area contributed by atoms with Crippen LogP contribution in [0.2, 0.25) is 5.02 Å². The number of non-ortho nitro benzene ring substituents is 2. The molecule has 6 aromatic carbocycles. The second kappa shape index (κ2) is 18.8. The number of phenolic OH excluding ortho intramolecular Hbond substituents is 1. The fourth-order valence-electron chi connectivity index (χ4n) is 4.86. The standard InChI is InChI=1S/C19H16N2O6S.C13H12O2.C6H5ClN2O4S/c1-26-16-8-5-13(6-9-16)14-3-2-4-17(11-14)27-18-10-7-15(21(22)23)12-19(18)28(20,24)25;1-15-13-7-5-10(6-8-13)11-3-2-4-12(14)9-11;7-5-2-1-4(9(10)11)3-6(5)14(8,12)13/h2-12H,1H3,(H2,20,24,25);2-9,14H,1H3;1-3H,(H2,8,12,13). The summed E-state index contributed by atoms with van der Waals surface area (Å²) in [5, 5.41) is 40.4. The van der Waals surface area contributed by atoms with E-state index in [-0.39, 0.29) is 22.2 Å². The molecule has 19 heteroatoms. The van der Waals surface area contributed by atoms with Crippen molar-refractivity contribution in [2.45, 2.75) is 9.79 Å². The van der Waals surface area contributed by atoms with Crippen LogP contribution in [0.25, 0.3) is 22.3 Å². The number of halogens is 1. The van der Waals surface area contributed by atoms with Crippen LogP contribution in [-0.4, -0.2) is 46.0 Å². The van der Waals surface area contributed by atoms with E-state index in [4.69, 9.17) is 36.1 Å². The first-order chi connectivity index (χ1) is 26.9. The number of hydrogen-bond acceptors (Lipinski definition) is 12. The molecule has 0 atom stereocenters. The lowest BCUT2D eigenvalue weighted by atomic mass is 10.1. The van der Waals surface area contributed by atoms with Gasteiger partial charge in [0.05, 0.1) is 29.1 Å². The van der Waals surface area contributed by atoms with Crippen molar-refractivity contribution >= 4 is 43.0 Å². The number of ether oxygens (including phenoxy) is 3. The summed E-state index contributed by atoms with van der Waals surface area (Å²) in [5.41, 5.74) is 3.02. The van der Waals surface area contributed by atoms with E-state index in [1.165, 1.54) is 6.07 Å². The zero-order chi connectivity index (χ0) is 41.9. The zero-order valence-corrected chi connectivity index (χ0v) is 32.3. The highest BCUT2D eigenvalue weighted by molar-refractivity contribution is 7.89. The van der Waals surface area contributed by atoms with Gasteiger partial charge < -0.3 is 19.3 Å². The minimum atomic E-state index is -4.22. The highest BCUT2D eigenvalue weighted by Crippen LogP contribution is 2.34. The second-order valence-corrected chi connectivity index (χ2v) is 15.0. The van der Waals surface area contributed by atoms with Gasteiger partial charge in [0, 0.05) is 24.3 Å². The van der Waals surface area contributed by atoms with Gasteiger partial charge in [-0.3, -0.25) is 20.2 Å². The Morgan fingerprint density at radius 2 is 1.02 bits per heavy atom.